The van der Waals surface area contributed by atoms with Crippen molar-refractivity contribution in [2.24, 2.45) is 0 Å². The second-order valence-corrected chi connectivity index (χ2v) is 39.6. The van der Waals surface area contributed by atoms with Crippen LogP contribution in [0.3, 0.4) is 0 Å². The minimum atomic E-state index is -5.56. The zero-order valence-electron chi connectivity index (χ0n) is 68.3. The van der Waals surface area contributed by atoms with Crippen molar-refractivity contribution >= 4 is 96.0 Å². The highest BCUT2D eigenvalue weighted by atomic mass is 32.2. The average Bonchev–Trinajstić information content (AvgIpc) is 0.754. The Morgan fingerprint density at radius 3 is 0.661 bits per heavy atom. The van der Waals surface area contributed by atoms with Crippen molar-refractivity contribution in [3.8, 4) is 11.5 Å². The highest BCUT2D eigenvalue weighted by Crippen LogP contribution is 2.37. The molecule has 0 amide bonds. The fourth-order valence-electron chi connectivity index (χ4n) is 10.7. The van der Waals surface area contributed by atoms with Crippen molar-refractivity contribution in [2.45, 2.75) is 89.3 Å². The summed E-state index contributed by atoms with van der Waals surface area (Å²) in [5.41, 5.74) is -0.406. The van der Waals surface area contributed by atoms with Crippen LogP contribution in [0.2, 0.25) is 0 Å². The number of hydrogen-bond donors (Lipinski definition) is 4. The van der Waals surface area contributed by atoms with Gasteiger partial charge in [0.1, 0.15) is 10.6 Å². The zero-order valence-corrected chi connectivity index (χ0v) is 74.9. The summed E-state index contributed by atoms with van der Waals surface area (Å²) in [6.07, 6.45) is 1.12. The van der Waals surface area contributed by atoms with Gasteiger partial charge >= 0.3 is 22.1 Å². The van der Waals surface area contributed by atoms with Crippen LogP contribution in [0.1, 0.15) is 19.4 Å². The Hall–Kier alpha value is -12.3. The number of halogens is 5. The van der Waals surface area contributed by atoms with Gasteiger partial charge in [-0.25, -0.2) is 22.8 Å². The van der Waals surface area contributed by atoms with Gasteiger partial charge in [0.2, 0.25) is 17.4 Å². The molecule has 0 saturated heterocycles. The van der Waals surface area contributed by atoms with Gasteiger partial charge in [0.15, 0.2) is 81.1 Å². The van der Waals surface area contributed by atoms with Crippen LogP contribution in [0, 0.1) is 36.0 Å². The van der Waals surface area contributed by atoms with Gasteiger partial charge in [-0.1, -0.05) is 244 Å². The summed E-state index contributed by atoms with van der Waals surface area (Å²) in [7, 11) is -18.0. The number of benzene rings is 14. The molecule has 0 saturated carbocycles. The lowest BCUT2D eigenvalue weighted by Gasteiger charge is -2.10. The highest BCUT2D eigenvalue weighted by Gasteiger charge is 2.36. The van der Waals surface area contributed by atoms with Crippen LogP contribution in [0.25, 0.3) is 0 Å². The lowest BCUT2D eigenvalue weighted by atomic mass is 10.2. The molecule has 14 aromatic carbocycles. The Morgan fingerprint density at radius 2 is 0.512 bits per heavy atom. The van der Waals surface area contributed by atoms with E-state index in [4.69, 9.17) is 22.9 Å². The molecule has 0 spiro atoms. The molecule has 0 aliphatic carbocycles. The minimum absolute atomic E-state index is 0.0146. The van der Waals surface area contributed by atoms with E-state index in [9.17, 15) is 65.2 Å². The van der Waals surface area contributed by atoms with Crippen LogP contribution in [0.15, 0.2) is 494 Å². The van der Waals surface area contributed by atoms with E-state index in [0.29, 0.717) is 5.41 Å². The molecular weight excluding hydrogens is 1780 g/mol. The van der Waals surface area contributed by atoms with E-state index in [-0.39, 0.29) is 71.8 Å². The standard InChI is InChI=1S/4C18H15S.C11H11FO5S.C10H6F4O5S.C3H6O3S.C2H4O3S/c4*1-4-10-16(11-5-1)19(17-12-6-2-7-13-17)18-14-8-3-9-15-18;1-6(2)11(13)17-8-4-5-9(18(14,15)16)10(12)7(8)3;1-3(2)10(15)19-8-4(11)6(13)9(20(16,17)18)7(14)5(8)12;1-2-3-7(4,5)6;1-2-6(3,4)5/h4*1-15H;4-5H,1H2,2-3H3,(H,14,15,16);1H2,2H3,(H,16,17,18);2H,1,3H2,(H,4,5,6);2H,1H2,(H,3,4,5)/q4*+1;;;;. The molecule has 0 aromatic heterocycles. The van der Waals surface area contributed by atoms with E-state index in [1.807, 2.05) is 0 Å². The smallest absolute Gasteiger partial charge is 0.338 e. The summed E-state index contributed by atoms with van der Waals surface area (Å²) in [6.45, 7) is 16.1. The van der Waals surface area contributed by atoms with Crippen molar-refractivity contribution in [3.63, 3.8) is 0 Å². The van der Waals surface area contributed by atoms with E-state index >= 15 is 0 Å². The molecule has 16 nitrogen and oxygen atoms in total. The molecule has 0 bridgehead atoms. The molecular formula is C98H87F5O16S8+4. The fourth-order valence-corrected chi connectivity index (χ4v) is 20.7. The number of rotatable bonds is 21. The van der Waals surface area contributed by atoms with Crippen molar-refractivity contribution in [2.75, 3.05) is 5.75 Å². The summed E-state index contributed by atoms with van der Waals surface area (Å²) in [4.78, 5) is 35.5. The highest BCUT2D eigenvalue weighted by molar-refractivity contribution is 7.98. The van der Waals surface area contributed by atoms with E-state index in [1.54, 1.807) is 0 Å². The molecule has 0 atom stereocenters. The Bertz CT molecular complexity index is 5480. The largest absolute Gasteiger partial charge is 0.423 e. The number of ether oxygens (including phenoxy) is 2. The van der Waals surface area contributed by atoms with Gasteiger partial charge in [0, 0.05) is 16.7 Å². The van der Waals surface area contributed by atoms with E-state index in [1.165, 1.54) is 72.6 Å². The summed E-state index contributed by atoms with van der Waals surface area (Å²) >= 11 is 0. The summed E-state index contributed by atoms with van der Waals surface area (Å²) < 4.78 is 190. The first-order valence-corrected chi connectivity index (χ1v) is 48.5. The third-order valence-corrected chi connectivity index (χ3v) is 28.1. The number of hydrogen-bond acceptors (Lipinski definition) is 12. The van der Waals surface area contributed by atoms with Gasteiger partial charge < -0.3 is 9.47 Å². The molecule has 0 aliphatic heterocycles. The maximum absolute atomic E-state index is 13.7. The maximum Gasteiger partial charge on any atom is 0.338 e. The second-order valence-electron chi connectivity index (χ2n) is 25.9. The molecule has 127 heavy (non-hydrogen) atoms. The topological polar surface area (TPSA) is 270 Å². The average molecular weight is 1870 g/mol. The maximum atomic E-state index is 13.7. The van der Waals surface area contributed by atoms with Gasteiger partial charge in [-0.2, -0.15) is 42.5 Å². The fraction of sp³-hybridized carbons (Fsp3) is 0.0408. The lowest BCUT2D eigenvalue weighted by molar-refractivity contribution is -0.131. The van der Waals surface area contributed by atoms with E-state index in [0.717, 1.165) is 25.1 Å². The quantitative estimate of drug-likeness (QED) is 0.00761. The van der Waals surface area contributed by atoms with Crippen molar-refractivity contribution in [3.05, 3.63) is 460 Å². The number of esters is 2. The first-order chi connectivity index (χ1) is 60.5. The Kier molecular flexibility index (Phi) is 40.6. The monoisotopic (exact) mass is 1870 g/mol. The summed E-state index contributed by atoms with van der Waals surface area (Å²) in [6, 6.07) is 131. The van der Waals surface area contributed by atoms with Crippen LogP contribution in [-0.2, 0) is 93.6 Å². The lowest BCUT2D eigenvalue weighted by Crippen LogP contribution is -2.16. The first kappa shape index (κ1) is 102. The molecule has 0 aliphatic rings. The van der Waals surface area contributed by atoms with Gasteiger partial charge in [-0.05, 0) is 178 Å². The number of carbonyl (C=O) groups excluding carboxylic acids is 2. The van der Waals surface area contributed by atoms with Crippen LogP contribution in [-0.4, -0.2) is 69.6 Å². The minimum Gasteiger partial charge on any atom is -0.423 e. The molecule has 0 fully saturated rings. The molecule has 0 heterocycles. The van der Waals surface area contributed by atoms with Gasteiger partial charge in [0.25, 0.3) is 30.4 Å². The van der Waals surface area contributed by atoms with Crippen LogP contribution < -0.4 is 9.47 Å². The molecule has 14 rings (SSSR count). The zero-order chi connectivity index (χ0) is 92.7. The second kappa shape index (κ2) is 50.7. The molecule has 0 unspecified atom stereocenters. The third-order valence-electron chi connectivity index (χ3n) is 16.4. The Labute approximate surface area is 749 Å². The summed E-state index contributed by atoms with van der Waals surface area (Å²) in [5.74, 6) is -15.0. The van der Waals surface area contributed by atoms with Crippen molar-refractivity contribution < 1.29 is 92.9 Å². The van der Waals surface area contributed by atoms with Gasteiger partial charge in [0.05, 0.1) is 54.7 Å². The molecule has 4 N–H and O–H groups in total. The Morgan fingerprint density at radius 1 is 0.315 bits per heavy atom. The molecule has 29 heteroatoms. The Balaban J connectivity index is 0.000000203. The SMILES string of the molecule is C=C(C)C(=O)Oc1c(F)c(F)c(S(=O)(=O)O)c(F)c1F.C=C(C)C(=O)Oc1ccc(S(=O)(=O)O)c(F)c1C.C=CCS(=O)(=O)O.C=CS(=O)(=O)O.c1ccc([S+](c2ccccc2)c2ccccc2)cc1.c1ccc([S+](c2ccccc2)c2ccccc2)cc1.c1ccc([S+](c2ccccc2)c2ccccc2)cc1.c1ccc([S+](c2ccccc2)c2ccccc2)cc1. The normalized spacial score (nSPS) is 10.8. The van der Waals surface area contributed by atoms with Crippen molar-refractivity contribution in [1.82, 2.24) is 0 Å². The first-order valence-electron chi connectivity index (χ1n) is 37.6. The van der Waals surface area contributed by atoms with Crippen LogP contribution >= 0.6 is 0 Å². The third kappa shape index (κ3) is 32.9. The van der Waals surface area contributed by atoms with E-state index in [2.05, 4.69) is 395 Å². The number of carbonyl (C=O) groups is 2. The van der Waals surface area contributed by atoms with Crippen molar-refractivity contribution in [1.29, 1.82) is 0 Å². The molecule has 0 radical (unpaired) electrons. The van der Waals surface area contributed by atoms with E-state index < -0.39 is 97.0 Å². The van der Waals surface area contributed by atoms with Crippen LogP contribution in [0.4, 0.5) is 22.0 Å². The predicted molar refractivity (Wildman–Crippen MR) is 492 cm³/mol. The predicted octanol–water partition coefficient (Wildman–Crippen LogP) is 23.0. The van der Waals surface area contributed by atoms with Gasteiger partial charge in [-0.3, -0.25) is 18.2 Å². The summed E-state index contributed by atoms with van der Waals surface area (Å²) in [5, 5.41) is 0.465. The molecule has 14 aromatic rings. The van der Waals surface area contributed by atoms with Crippen LogP contribution in [0.5, 0.6) is 11.5 Å². The van der Waals surface area contributed by atoms with Gasteiger partial charge in [-0.15, -0.1) is 6.58 Å². The molecule has 654 valence electrons.